The number of hydrogen-bond donors (Lipinski definition) is 1. The van der Waals surface area contributed by atoms with Crippen LogP contribution in [0.3, 0.4) is 0 Å². The molecule has 4 saturated carbocycles. The Kier molecular flexibility index (Phi) is 2.57. The fourth-order valence-corrected chi connectivity index (χ4v) is 5.67. The zero-order chi connectivity index (χ0) is 13.0. The summed E-state index contributed by atoms with van der Waals surface area (Å²) < 4.78 is 1.98. The molecule has 0 aromatic carbocycles. The van der Waals surface area contributed by atoms with E-state index >= 15 is 0 Å². The first-order valence-electron chi connectivity index (χ1n) is 7.90. The predicted molar refractivity (Wildman–Crippen MR) is 73.5 cm³/mol. The monoisotopic (exact) mass is 260 g/mol. The van der Waals surface area contributed by atoms with Crippen LogP contribution in [0.5, 0.6) is 0 Å². The van der Waals surface area contributed by atoms with E-state index < -0.39 is 0 Å². The normalized spacial score (nSPS) is 41.7. The van der Waals surface area contributed by atoms with Gasteiger partial charge in [-0.25, -0.2) is 0 Å². The van der Waals surface area contributed by atoms with Gasteiger partial charge in [-0.1, -0.05) is 0 Å². The minimum atomic E-state index is -0.302. The van der Waals surface area contributed by atoms with Gasteiger partial charge in [0, 0.05) is 18.2 Å². The Morgan fingerprint density at radius 2 is 1.84 bits per heavy atom. The summed E-state index contributed by atoms with van der Waals surface area (Å²) >= 11 is 0. The lowest BCUT2D eigenvalue weighted by atomic mass is 9.48. The highest BCUT2D eigenvalue weighted by Crippen LogP contribution is 2.63. The van der Waals surface area contributed by atoms with Crippen molar-refractivity contribution in [3.8, 4) is 0 Å². The van der Waals surface area contributed by atoms with Crippen LogP contribution in [0.25, 0.3) is 0 Å². The number of rotatable bonds is 3. The summed E-state index contributed by atoms with van der Waals surface area (Å²) in [5.41, 5.74) is 1.21. The van der Waals surface area contributed by atoms with E-state index in [0.29, 0.717) is 0 Å². The smallest absolute Gasteiger partial charge is 0.101 e. The highest BCUT2D eigenvalue weighted by atomic mass is 16.3. The maximum Gasteiger partial charge on any atom is 0.101 e. The van der Waals surface area contributed by atoms with Gasteiger partial charge in [0.2, 0.25) is 0 Å². The molecule has 1 heterocycles. The van der Waals surface area contributed by atoms with E-state index in [4.69, 9.17) is 0 Å². The molecule has 0 spiro atoms. The molecule has 0 radical (unpaired) electrons. The number of hydrogen-bond acceptors (Lipinski definition) is 2. The van der Waals surface area contributed by atoms with Crippen molar-refractivity contribution in [1.82, 2.24) is 9.78 Å². The maximum absolute atomic E-state index is 11.0. The van der Waals surface area contributed by atoms with Gasteiger partial charge in [0.15, 0.2) is 0 Å². The Hall–Kier alpha value is -0.830. The Morgan fingerprint density at radius 3 is 2.37 bits per heavy atom. The van der Waals surface area contributed by atoms with Crippen molar-refractivity contribution in [3.63, 3.8) is 0 Å². The van der Waals surface area contributed by atoms with Gasteiger partial charge < -0.3 is 5.11 Å². The first-order valence-corrected chi connectivity index (χ1v) is 7.90. The third-order valence-electron chi connectivity index (χ3n) is 5.99. The molecule has 3 heteroatoms. The van der Waals surface area contributed by atoms with Crippen LogP contribution in [0.15, 0.2) is 12.3 Å². The molecular weight excluding hydrogens is 236 g/mol. The summed E-state index contributed by atoms with van der Waals surface area (Å²) in [5, 5.41) is 15.4. The number of aliphatic hydroxyl groups excluding tert-OH is 1. The zero-order valence-electron chi connectivity index (χ0n) is 11.8. The van der Waals surface area contributed by atoms with Gasteiger partial charge in [-0.2, -0.15) is 5.10 Å². The zero-order valence-corrected chi connectivity index (χ0v) is 11.8. The second kappa shape index (κ2) is 4.08. The molecule has 3 nitrogen and oxygen atoms in total. The molecule has 0 aliphatic heterocycles. The number of aliphatic hydroxyl groups is 1. The molecule has 0 saturated heterocycles. The molecule has 4 fully saturated rings. The summed E-state index contributed by atoms with van der Waals surface area (Å²) in [6.07, 6.45) is 9.56. The van der Waals surface area contributed by atoms with Crippen molar-refractivity contribution in [1.29, 1.82) is 0 Å². The average molecular weight is 260 g/mol. The van der Waals surface area contributed by atoms with Crippen LogP contribution in [0.1, 0.15) is 57.2 Å². The predicted octanol–water partition coefficient (Wildman–Crippen LogP) is 3.15. The van der Waals surface area contributed by atoms with Gasteiger partial charge in [0.25, 0.3) is 0 Å². The van der Waals surface area contributed by atoms with Crippen LogP contribution in [-0.2, 0) is 6.54 Å². The summed E-state index contributed by atoms with van der Waals surface area (Å²) in [5.74, 6) is 2.66. The largest absolute Gasteiger partial charge is 0.386 e. The molecule has 4 bridgehead atoms. The Morgan fingerprint density at radius 1 is 1.26 bits per heavy atom. The SMILES string of the molecule is CCn1nccc1C(O)C12CC3CC(CC(C3)C1)C2. The molecule has 4 aliphatic rings. The Balaban J connectivity index is 1.68. The second-order valence-corrected chi connectivity index (χ2v) is 7.25. The lowest BCUT2D eigenvalue weighted by Crippen LogP contribution is -2.49. The number of aromatic nitrogens is 2. The van der Waals surface area contributed by atoms with Crippen LogP contribution in [0, 0.1) is 23.2 Å². The van der Waals surface area contributed by atoms with Crippen LogP contribution in [0.2, 0.25) is 0 Å². The van der Waals surface area contributed by atoms with E-state index in [1.54, 1.807) is 0 Å². The third-order valence-corrected chi connectivity index (χ3v) is 5.99. The molecule has 1 aromatic heterocycles. The van der Waals surface area contributed by atoms with Crippen molar-refractivity contribution in [2.75, 3.05) is 0 Å². The van der Waals surface area contributed by atoms with Gasteiger partial charge >= 0.3 is 0 Å². The highest BCUT2D eigenvalue weighted by Gasteiger charge is 2.54. The van der Waals surface area contributed by atoms with E-state index in [-0.39, 0.29) is 11.5 Å². The first kappa shape index (κ1) is 12.0. The molecule has 0 amide bonds. The molecule has 1 atom stereocenters. The molecule has 104 valence electrons. The highest BCUT2D eigenvalue weighted by molar-refractivity contribution is 5.14. The van der Waals surface area contributed by atoms with Crippen molar-refractivity contribution in [2.45, 2.75) is 58.1 Å². The van der Waals surface area contributed by atoms with Gasteiger partial charge in [0.05, 0.1) is 5.69 Å². The van der Waals surface area contributed by atoms with Crippen molar-refractivity contribution >= 4 is 0 Å². The van der Waals surface area contributed by atoms with E-state index in [9.17, 15) is 5.11 Å². The minimum Gasteiger partial charge on any atom is -0.386 e. The Labute approximate surface area is 115 Å². The summed E-state index contributed by atoms with van der Waals surface area (Å²) in [6.45, 7) is 2.95. The number of nitrogens with zero attached hydrogens (tertiary/aromatic N) is 2. The third kappa shape index (κ3) is 1.70. The number of aryl methyl sites for hydroxylation is 1. The average Bonchev–Trinajstić information content (AvgIpc) is 2.84. The first-order chi connectivity index (χ1) is 9.20. The van der Waals surface area contributed by atoms with Crippen molar-refractivity contribution < 1.29 is 5.11 Å². The fraction of sp³-hybridized carbons (Fsp3) is 0.812. The van der Waals surface area contributed by atoms with Gasteiger partial charge in [0.1, 0.15) is 6.10 Å². The van der Waals surface area contributed by atoms with Crippen LogP contribution < -0.4 is 0 Å². The van der Waals surface area contributed by atoms with E-state index in [0.717, 1.165) is 30.0 Å². The van der Waals surface area contributed by atoms with Crippen molar-refractivity contribution in [2.24, 2.45) is 23.2 Å². The Bertz CT molecular complexity index is 444. The summed E-state index contributed by atoms with van der Waals surface area (Å²) in [4.78, 5) is 0. The van der Waals surface area contributed by atoms with E-state index in [1.165, 1.54) is 38.5 Å². The lowest BCUT2D eigenvalue weighted by molar-refractivity contribution is -0.124. The fourth-order valence-electron chi connectivity index (χ4n) is 5.67. The van der Waals surface area contributed by atoms with Crippen molar-refractivity contribution in [3.05, 3.63) is 18.0 Å². The molecule has 1 aromatic rings. The molecule has 5 rings (SSSR count). The van der Waals surface area contributed by atoms with E-state index in [1.807, 2.05) is 16.9 Å². The second-order valence-electron chi connectivity index (χ2n) is 7.25. The lowest BCUT2D eigenvalue weighted by Gasteiger charge is -2.58. The maximum atomic E-state index is 11.0. The minimum absolute atomic E-state index is 0.168. The molecule has 4 aliphatic carbocycles. The topological polar surface area (TPSA) is 38.0 Å². The van der Waals surface area contributed by atoms with Gasteiger partial charge in [-0.3, -0.25) is 4.68 Å². The van der Waals surface area contributed by atoms with Gasteiger partial charge in [-0.15, -0.1) is 0 Å². The van der Waals surface area contributed by atoms with Gasteiger partial charge in [-0.05, 0) is 69.3 Å². The summed E-state index contributed by atoms with van der Waals surface area (Å²) in [6, 6.07) is 2.02. The van der Waals surface area contributed by atoms with E-state index in [2.05, 4.69) is 12.0 Å². The molecular formula is C16H24N2O. The quantitative estimate of drug-likeness (QED) is 0.906. The van der Waals surface area contributed by atoms with Crippen LogP contribution in [-0.4, -0.2) is 14.9 Å². The molecule has 1 unspecified atom stereocenters. The van der Waals surface area contributed by atoms with Crippen LogP contribution >= 0.6 is 0 Å². The summed E-state index contributed by atoms with van der Waals surface area (Å²) in [7, 11) is 0. The molecule has 1 N–H and O–H groups in total. The standard InChI is InChI=1S/C16H24N2O/c1-2-18-14(3-4-17-18)15(19)16-8-11-5-12(9-16)7-13(6-11)10-16/h3-4,11-13,15,19H,2,5-10H2,1H3. The molecule has 19 heavy (non-hydrogen) atoms. The van der Waals surface area contributed by atoms with Crippen LogP contribution in [0.4, 0.5) is 0 Å².